The summed E-state index contributed by atoms with van der Waals surface area (Å²) in [7, 11) is 3.36. The monoisotopic (exact) mass is 536 g/mol. The largest absolute Gasteiger partial charge is 0.493 e. The Labute approximate surface area is 212 Å². The van der Waals surface area contributed by atoms with Gasteiger partial charge in [-0.1, -0.05) is 59.3 Å². The van der Waals surface area contributed by atoms with Crippen LogP contribution in [-0.2, 0) is 17.8 Å². The van der Waals surface area contributed by atoms with E-state index in [2.05, 4.69) is 28.9 Å². The number of amides is 1. The summed E-state index contributed by atoms with van der Waals surface area (Å²) in [6, 6.07) is 21.6. The molecule has 0 atom stereocenters. The van der Waals surface area contributed by atoms with Crippen LogP contribution in [0.3, 0.4) is 0 Å². The number of hydrogen-bond donors (Lipinski definition) is 0. The highest BCUT2D eigenvalue weighted by Crippen LogP contribution is 2.36. The molecule has 0 unspecified atom stereocenters. The summed E-state index contributed by atoms with van der Waals surface area (Å²) in [5.41, 5.74) is 3.95. The van der Waals surface area contributed by atoms with Crippen molar-refractivity contribution in [2.75, 3.05) is 14.2 Å². The predicted molar refractivity (Wildman–Crippen MR) is 143 cm³/mol. The first kappa shape index (κ1) is 24.1. The van der Waals surface area contributed by atoms with Gasteiger partial charge in [-0.2, -0.15) is 0 Å². The van der Waals surface area contributed by atoms with E-state index in [9.17, 15) is 4.79 Å². The highest BCUT2D eigenvalue weighted by Gasteiger charge is 2.30. The van der Waals surface area contributed by atoms with Crippen molar-refractivity contribution in [2.24, 2.45) is 4.99 Å². The standard InChI is InChI=1S/C27H25BrN2O3S/c1-4-20-7-5-6-8-22(20)29-27-30(2)26(31)25(34-27)16-19-11-14-23(24(15-19)32-3)33-17-18-9-12-21(28)13-10-18/h5-16H,4,17H2,1-3H3/b25-16+,29-27?. The maximum atomic E-state index is 12.9. The van der Waals surface area contributed by atoms with E-state index in [0.717, 1.165) is 33.3 Å². The molecule has 1 saturated heterocycles. The van der Waals surface area contributed by atoms with Crippen LogP contribution < -0.4 is 9.47 Å². The van der Waals surface area contributed by atoms with Gasteiger partial charge in [0.1, 0.15) is 6.61 Å². The van der Waals surface area contributed by atoms with Crippen molar-refractivity contribution >= 4 is 50.5 Å². The molecule has 0 spiro atoms. The molecule has 0 saturated carbocycles. The Morgan fingerprint density at radius 3 is 2.56 bits per heavy atom. The topological polar surface area (TPSA) is 51.1 Å². The lowest BCUT2D eigenvalue weighted by Crippen LogP contribution is -2.23. The van der Waals surface area contributed by atoms with Crippen molar-refractivity contribution in [3.05, 3.63) is 92.8 Å². The molecular weight excluding hydrogens is 512 g/mol. The van der Waals surface area contributed by atoms with Crippen LogP contribution in [0.15, 0.2) is 81.1 Å². The lowest BCUT2D eigenvalue weighted by molar-refractivity contribution is -0.121. The summed E-state index contributed by atoms with van der Waals surface area (Å²) in [6.07, 6.45) is 2.74. The molecule has 0 aromatic heterocycles. The number of hydrogen-bond acceptors (Lipinski definition) is 5. The number of ether oxygens (including phenoxy) is 2. The Bertz CT molecular complexity index is 1250. The van der Waals surface area contributed by atoms with Crippen LogP contribution in [0.2, 0.25) is 0 Å². The third-order valence-electron chi connectivity index (χ3n) is 5.39. The first-order valence-electron chi connectivity index (χ1n) is 10.9. The average molecular weight is 537 g/mol. The number of likely N-dealkylation sites (N-methyl/N-ethyl adjacent to an activating group) is 1. The number of halogens is 1. The predicted octanol–water partition coefficient (Wildman–Crippen LogP) is 6.83. The lowest BCUT2D eigenvalue weighted by Gasteiger charge is -2.11. The van der Waals surface area contributed by atoms with Crippen molar-refractivity contribution in [3.8, 4) is 11.5 Å². The SMILES string of the molecule is CCc1ccccc1N=C1S/C(=C/c2ccc(OCc3ccc(Br)cc3)c(OC)c2)C(=O)N1C. The Kier molecular flexibility index (Phi) is 7.75. The van der Waals surface area contributed by atoms with Crippen molar-refractivity contribution in [1.29, 1.82) is 0 Å². The molecule has 34 heavy (non-hydrogen) atoms. The van der Waals surface area contributed by atoms with Crippen molar-refractivity contribution in [1.82, 2.24) is 4.90 Å². The van der Waals surface area contributed by atoms with Crippen LogP contribution in [0.1, 0.15) is 23.6 Å². The van der Waals surface area contributed by atoms with Gasteiger partial charge in [-0.3, -0.25) is 9.69 Å². The minimum atomic E-state index is -0.0766. The zero-order chi connectivity index (χ0) is 24.1. The van der Waals surface area contributed by atoms with Gasteiger partial charge in [-0.15, -0.1) is 0 Å². The highest BCUT2D eigenvalue weighted by atomic mass is 79.9. The molecule has 174 valence electrons. The first-order chi connectivity index (χ1) is 16.5. The minimum Gasteiger partial charge on any atom is -0.493 e. The molecule has 0 N–H and O–H groups in total. The van der Waals surface area contributed by atoms with Gasteiger partial charge in [0, 0.05) is 11.5 Å². The second-order valence-electron chi connectivity index (χ2n) is 7.68. The number of thioether (sulfide) groups is 1. The molecule has 1 amide bonds. The molecular formula is C27H25BrN2O3S. The molecule has 4 rings (SSSR count). The summed E-state index contributed by atoms with van der Waals surface area (Å²) < 4.78 is 12.5. The number of aliphatic imine (C=N–C) groups is 1. The quantitative estimate of drug-likeness (QED) is 0.310. The zero-order valence-electron chi connectivity index (χ0n) is 19.2. The summed E-state index contributed by atoms with van der Waals surface area (Å²) in [4.78, 5) is 19.8. The maximum Gasteiger partial charge on any atom is 0.266 e. The molecule has 5 nitrogen and oxygen atoms in total. The number of amidine groups is 1. The molecule has 1 fully saturated rings. The number of benzene rings is 3. The Morgan fingerprint density at radius 1 is 1.06 bits per heavy atom. The van der Waals surface area contributed by atoms with Gasteiger partial charge in [-0.05, 0) is 71.3 Å². The summed E-state index contributed by atoms with van der Waals surface area (Å²) >= 11 is 4.81. The number of carbonyl (C=O) groups is 1. The van der Waals surface area contributed by atoms with Crippen LogP contribution >= 0.6 is 27.7 Å². The third-order valence-corrected chi connectivity index (χ3v) is 6.97. The van der Waals surface area contributed by atoms with E-state index in [1.54, 1.807) is 19.1 Å². The van der Waals surface area contributed by atoms with E-state index in [-0.39, 0.29) is 5.91 Å². The van der Waals surface area contributed by atoms with Gasteiger partial charge in [0.15, 0.2) is 16.7 Å². The Balaban J connectivity index is 1.53. The van der Waals surface area contributed by atoms with Gasteiger partial charge in [0.25, 0.3) is 5.91 Å². The average Bonchev–Trinajstić information content (AvgIpc) is 3.12. The van der Waals surface area contributed by atoms with Crippen molar-refractivity contribution in [3.63, 3.8) is 0 Å². The van der Waals surface area contributed by atoms with Gasteiger partial charge in [0.2, 0.25) is 0 Å². The van der Waals surface area contributed by atoms with E-state index in [4.69, 9.17) is 14.5 Å². The van der Waals surface area contributed by atoms with Crippen molar-refractivity contribution < 1.29 is 14.3 Å². The second kappa shape index (κ2) is 10.9. The van der Waals surface area contributed by atoms with Crippen LogP contribution in [0.25, 0.3) is 6.08 Å². The number of rotatable bonds is 7. The van der Waals surface area contributed by atoms with E-state index in [0.29, 0.717) is 28.2 Å². The van der Waals surface area contributed by atoms with Crippen molar-refractivity contribution in [2.45, 2.75) is 20.0 Å². The minimum absolute atomic E-state index is 0.0766. The molecule has 0 aliphatic carbocycles. The summed E-state index contributed by atoms with van der Waals surface area (Å²) in [6.45, 7) is 2.53. The van der Waals surface area contributed by atoms with Gasteiger partial charge in [-0.25, -0.2) is 4.99 Å². The van der Waals surface area contributed by atoms with Gasteiger partial charge in [0.05, 0.1) is 17.7 Å². The molecule has 1 aliphatic heterocycles. The highest BCUT2D eigenvalue weighted by molar-refractivity contribution is 9.10. The molecule has 1 heterocycles. The van der Waals surface area contributed by atoms with Crippen LogP contribution in [0.5, 0.6) is 11.5 Å². The lowest BCUT2D eigenvalue weighted by atomic mass is 10.1. The molecule has 7 heteroatoms. The van der Waals surface area contributed by atoms with E-state index < -0.39 is 0 Å². The van der Waals surface area contributed by atoms with E-state index in [1.807, 2.05) is 66.7 Å². The smallest absolute Gasteiger partial charge is 0.266 e. The fraction of sp³-hybridized carbons (Fsp3) is 0.185. The fourth-order valence-corrected chi connectivity index (χ4v) is 4.70. The molecule has 0 bridgehead atoms. The molecule has 3 aromatic rings. The van der Waals surface area contributed by atoms with E-state index in [1.165, 1.54) is 11.8 Å². The zero-order valence-corrected chi connectivity index (χ0v) is 21.7. The number of nitrogens with zero attached hydrogens (tertiary/aromatic N) is 2. The van der Waals surface area contributed by atoms with Crippen LogP contribution in [0.4, 0.5) is 5.69 Å². The van der Waals surface area contributed by atoms with Gasteiger partial charge < -0.3 is 9.47 Å². The summed E-state index contributed by atoms with van der Waals surface area (Å²) in [5, 5.41) is 0.665. The Morgan fingerprint density at radius 2 is 1.82 bits per heavy atom. The number of methoxy groups -OCH3 is 1. The van der Waals surface area contributed by atoms with Crippen LogP contribution in [0, 0.1) is 0 Å². The first-order valence-corrected chi connectivity index (χ1v) is 12.5. The van der Waals surface area contributed by atoms with Gasteiger partial charge >= 0.3 is 0 Å². The number of aryl methyl sites for hydroxylation is 1. The third kappa shape index (κ3) is 5.54. The maximum absolute atomic E-state index is 12.9. The molecule has 1 aliphatic rings. The summed E-state index contributed by atoms with van der Waals surface area (Å²) in [5.74, 6) is 1.18. The second-order valence-corrected chi connectivity index (χ2v) is 9.60. The normalized spacial score (nSPS) is 15.9. The Hall–Kier alpha value is -3.03. The fourth-order valence-electron chi connectivity index (χ4n) is 3.46. The molecule has 3 aromatic carbocycles. The van der Waals surface area contributed by atoms with Crippen LogP contribution in [-0.4, -0.2) is 30.1 Å². The molecule has 0 radical (unpaired) electrons. The van der Waals surface area contributed by atoms with E-state index >= 15 is 0 Å². The number of para-hydroxylation sites is 1. The number of carbonyl (C=O) groups excluding carboxylic acids is 1.